The van der Waals surface area contributed by atoms with Gasteiger partial charge < -0.3 is 29.4 Å². The van der Waals surface area contributed by atoms with Crippen LogP contribution in [-0.2, 0) is 16.0 Å². The van der Waals surface area contributed by atoms with Crippen LogP contribution in [-0.4, -0.2) is 64.7 Å². The number of hydrogen-bond acceptors (Lipinski definition) is 8. The maximum atomic E-state index is 6.43. The zero-order chi connectivity index (χ0) is 24.6. The van der Waals surface area contributed by atoms with Crippen molar-refractivity contribution in [2.45, 2.75) is 50.8 Å². The van der Waals surface area contributed by atoms with Gasteiger partial charge in [0.1, 0.15) is 29.6 Å². The lowest BCUT2D eigenvalue weighted by Crippen LogP contribution is -2.27. The summed E-state index contributed by atoms with van der Waals surface area (Å²) in [6.07, 6.45) is 4.87. The van der Waals surface area contributed by atoms with Gasteiger partial charge >= 0.3 is 0 Å². The molecule has 2 N–H and O–H groups in total. The second-order valence-electron chi connectivity index (χ2n) is 9.85. The van der Waals surface area contributed by atoms with E-state index in [1.807, 2.05) is 37.7 Å². The monoisotopic (exact) mass is 497 g/mol. The summed E-state index contributed by atoms with van der Waals surface area (Å²) in [7, 11) is 3.75. The molecule has 0 bridgehead atoms. The number of hydrogen-bond donors (Lipinski definition) is 1. The summed E-state index contributed by atoms with van der Waals surface area (Å²) < 4.78 is 20.4. The van der Waals surface area contributed by atoms with Gasteiger partial charge in [-0.2, -0.15) is 11.8 Å². The minimum Gasteiger partial charge on any atom is -0.497 e. The summed E-state index contributed by atoms with van der Waals surface area (Å²) in [4.78, 5) is 11.5. The summed E-state index contributed by atoms with van der Waals surface area (Å²) >= 11 is 1.90. The van der Waals surface area contributed by atoms with Crippen molar-refractivity contribution in [2.24, 2.45) is 11.7 Å². The third-order valence-corrected chi connectivity index (χ3v) is 8.12. The second-order valence-corrected chi connectivity index (χ2v) is 11.0. The van der Waals surface area contributed by atoms with E-state index in [1.54, 1.807) is 13.4 Å². The Balaban J connectivity index is 1.40. The van der Waals surface area contributed by atoms with Crippen molar-refractivity contribution >= 4 is 28.6 Å². The predicted molar refractivity (Wildman–Crippen MR) is 140 cm³/mol. The molecule has 5 rings (SSSR count). The molecule has 8 nitrogen and oxygen atoms in total. The Hall–Kier alpha value is -2.33. The molecule has 4 atom stereocenters. The molecule has 3 aromatic rings. The zero-order valence-corrected chi connectivity index (χ0v) is 21.7. The highest BCUT2D eigenvalue weighted by Crippen LogP contribution is 2.48. The van der Waals surface area contributed by atoms with Crippen LogP contribution in [0.5, 0.6) is 5.75 Å². The first-order valence-electron chi connectivity index (χ1n) is 12.2. The lowest BCUT2D eigenvalue weighted by Gasteiger charge is -2.24. The molecule has 35 heavy (non-hydrogen) atoms. The molecule has 2 aromatic heterocycles. The first-order valence-corrected chi connectivity index (χ1v) is 13.3. The fourth-order valence-electron chi connectivity index (χ4n) is 5.42. The average molecular weight is 498 g/mol. The first-order chi connectivity index (χ1) is 16.9. The summed E-state index contributed by atoms with van der Waals surface area (Å²) in [6, 6.07) is 10.4. The molecule has 3 heterocycles. The normalized spacial score (nSPS) is 25.2. The van der Waals surface area contributed by atoms with Gasteiger partial charge in [0.25, 0.3) is 0 Å². The predicted octanol–water partition coefficient (Wildman–Crippen LogP) is 3.85. The number of nitrogens with zero attached hydrogens (tertiary/aromatic N) is 4. The van der Waals surface area contributed by atoms with Gasteiger partial charge in [-0.1, -0.05) is 12.1 Å². The van der Waals surface area contributed by atoms with Crippen molar-refractivity contribution in [3.05, 3.63) is 48.4 Å². The largest absolute Gasteiger partial charge is 0.497 e. The third kappa shape index (κ3) is 4.87. The smallest absolute Gasteiger partial charge is 0.163 e. The number of aromatic nitrogens is 3. The summed E-state index contributed by atoms with van der Waals surface area (Å²) in [5.41, 5.74) is 7.85. The van der Waals surface area contributed by atoms with Crippen LogP contribution >= 0.6 is 11.8 Å². The van der Waals surface area contributed by atoms with E-state index < -0.39 is 5.79 Å². The summed E-state index contributed by atoms with van der Waals surface area (Å²) in [5.74, 6) is 3.60. The van der Waals surface area contributed by atoms with Crippen LogP contribution in [0.1, 0.15) is 31.9 Å². The molecule has 0 spiro atoms. The zero-order valence-electron chi connectivity index (χ0n) is 20.9. The Morgan fingerprint density at radius 3 is 2.69 bits per heavy atom. The maximum Gasteiger partial charge on any atom is 0.163 e. The van der Waals surface area contributed by atoms with Crippen LogP contribution < -0.4 is 15.4 Å². The van der Waals surface area contributed by atoms with Gasteiger partial charge in [0, 0.05) is 32.1 Å². The molecule has 0 unspecified atom stereocenters. The fourth-order valence-corrected chi connectivity index (χ4v) is 6.38. The Morgan fingerprint density at radius 1 is 1.17 bits per heavy atom. The van der Waals surface area contributed by atoms with Gasteiger partial charge in [-0.05, 0) is 55.7 Å². The maximum absolute atomic E-state index is 6.43. The van der Waals surface area contributed by atoms with Crippen LogP contribution in [0.3, 0.4) is 0 Å². The molecule has 2 aliphatic rings. The van der Waals surface area contributed by atoms with Gasteiger partial charge in [-0.25, -0.2) is 9.97 Å². The number of anilines is 1. The minimum absolute atomic E-state index is 0.000444. The van der Waals surface area contributed by atoms with Gasteiger partial charge in [0.2, 0.25) is 0 Å². The molecule has 2 fully saturated rings. The standard InChI is InChI=1S/C26H35N5O3S/c1-26(2)33-22-18(15-35-12-10-27)13-21(23(22)34-26)31-11-9-20-24(28-16-29-25(20)31)30(3)14-17-5-7-19(32-4)8-6-17/h5-9,11,16,18,21-23H,10,12-15,27H2,1-4H3/t18-,21-,22-,23+/m1/s1. The number of methoxy groups -OCH3 is 1. The summed E-state index contributed by atoms with van der Waals surface area (Å²) in [6.45, 7) is 5.45. The molecule has 0 amide bonds. The number of nitrogens with two attached hydrogens (primary N) is 1. The van der Waals surface area contributed by atoms with Gasteiger partial charge in [0.15, 0.2) is 5.79 Å². The van der Waals surface area contributed by atoms with Crippen LogP contribution in [0.25, 0.3) is 11.0 Å². The van der Waals surface area contributed by atoms with Crippen molar-refractivity contribution in [2.75, 3.05) is 37.1 Å². The molecule has 1 aromatic carbocycles. The topological polar surface area (TPSA) is 87.7 Å². The van der Waals surface area contributed by atoms with Crippen molar-refractivity contribution in [3.8, 4) is 5.75 Å². The minimum atomic E-state index is -0.577. The molecular formula is C26H35N5O3S. The molecule has 0 radical (unpaired) electrons. The number of fused-ring (bicyclic) bond motifs is 2. The van der Waals surface area contributed by atoms with Crippen molar-refractivity contribution in [1.82, 2.24) is 14.5 Å². The molecule has 9 heteroatoms. The highest BCUT2D eigenvalue weighted by atomic mass is 32.2. The van der Waals surface area contributed by atoms with Gasteiger partial charge in [-0.15, -0.1) is 0 Å². The molecule has 1 aliphatic heterocycles. The second kappa shape index (κ2) is 9.97. The Bertz CT molecular complexity index is 1150. The van der Waals surface area contributed by atoms with E-state index in [9.17, 15) is 0 Å². The Labute approximate surface area is 211 Å². The van der Waals surface area contributed by atoms with Gasteiger partial charge in [-0.3, -0.25) is 0 Å². The Morgan fingerprint density at radius 2 is 1.94 bits per heavy atom. The van der Waals surface area contributed by atoms with E-state index in [0.717, 1.165) is 47.1 Å². The molecule has 188 valence electrons. The fraction of sp³-hybridized carbons (Fsp3) is 0.538. The highest BCUT2D eigenvalue weighted by Gasteiger charge is 2.54. The number of rotatable bonds is 9. The lowest BCUT2D eigenvalue weighted by molar-refractivity contribution is -0.159. The quantitative estimate of drug-likeness (QED) is 0.446. The third-order valence-electron chi connectivity index (χ3n) is 6.93. The van der Waals surface area contributed by atoms with Crippen molar-refractivity contribution < 1.29 is 14.2 Å². The van der Waals surface area contributed by atoms with Crippen LogP contribution in [0.2, 0.25) is 0 Å². The highest BCUT2D eigenvalue weighted by molar-refractivity contribution is 7.99. The molecular weight excluding hydrogens is 462 g/mol. The van der Waals surface area contributed by atoms with Gasteiger partial charge in [0.05, 0.1) is 24.6 Å². The Kier molecular flexibility index (Phi) is 6.94. The van der Waals surface area contributed by atoms with Crippen molar-refractivity contribution in [1.29, 1.82) is 0 Å². The molecule has 1 saturated heterocycles. The van der Waals surface area contributed by atoms with Crippen LogP contribution in [0.4, 0.5) is 5.82 Å². The van der Waals surface area contributed by atoms with E-state index in [2.05, 4.69) is 45.9 Å². The van der Waals surface area contributed by atoms with Crippen LogP contribution in [0.15, 0.2) is 42.9 Å². The van der Waals surface area contributed by atoms with E-state index in [1.165, 1.54) is 5.56 Å². The molecule has 1 aliphatic carbocycles. The number of thioether (sulfide) groups is 1. The van der Waals surface area contributed by atoms with E-state index in [-0.39, 0.29) is 18.2 Å². The van der Waals surface area contributed by atoms with Crippen LogP contribution in [0, 0.1) is 5.92 Å². The van der Waals surface area contributed by atoms with Crippen molar-refractivity contribution in [3.63, 3.8) is 0 Å². The number of ether oxygens (including phenoxy) is 3. The number of benzene rings is 1. The van der Waals surface area contributed by atoms with E-state index in [4.69, 9.17) is 24.9 Å². The molecule has 1 saturated carbocycles. The lowest BCUT2D eigenvalue weighted by atomic mass is 10.1. The van der Waals surface area contributed by atoms with E-state index >= 15 is 0 Å². The first kappa shape index (κ1) is 24.4. The SMILES string of the molecule is COc1ccc(CN(C)c2ncnc3c2ccn3[C@@H]2C[C@H](CSCCN)[C@H]3OC(C)(C)O[C@H]32)cc1. The summed E-state index contributed by atoms with van der Waals surface area (Å²) in [5, 5.41) is 1.04. The van der Waals surface area contributed by atoms with E-state index in [0.29, 0.717) is 12.5 Å². The average Bonchev–Trinajstić information content (AvgIpc) is 3.50.